The topological polar surface area (TPSA) is 50.4 Å². The first-order chi connectivity index (χ1) is 7.83. The van der Waals surface area contributed by atoms with E-state index >= 15 is 0 Å². The van der Waals surface area contributed by atoms with Gasteiger partial charge in [0.05, 0.1) is 24.3 Å². The van der Waals surface area contributed by atoms with Crippen LogP contribution in [0.1, 0.15) is 38.5 Å². The summed E-state index contributed by atoms with van der Waals surface area (Å²) in [4.78, 5) is 12.0. The van der Waals surface area contributed by atoms with E-state index < -0.39 is 0 Å². The summed E-state index contributed by atoms with van der Waals surface area (Å²) in [5, 5.41) is 6.44. The van der Waals surface area contributed by atoms with Gasteiger partial charge in [-0.3, -0.25) is 4.79 Å². The third kappa shape index (κ3) is 1.96. The van der Waals surface area contributed by atoms with Crippen molar-refractivity contribution < 1.29 is 9.53 Å². The Hall–Kier alpha value is -0.610. The third-order valence-electron chi connectivity index (χ3n) is 4.06. The molecule has 16 heavy (non-hydrogen) atoms. The van der Waals surface area contributed by atoms with E-state index in [0.717, 1.165) is 32.2 Å². The number of fused-ring (bicyclic) bond motifs is 2. The number of rotatable bonds is 2. The zero-order valence-electron chi connectivity index (χ0n) is 9.58. The molecular formula is C12H20N2O2. The number of hydrogen-bond acceptors (Lipinski definition) is 3. The average molecular weight is 224 g/mol. The van der Waals surface area contributed by atoms with Crippen LogP contribution in [0.15, 0.2) is 0 Å². The van der Waals surface area contributed by atoms with E-state index in [9.17, 15) is 4.79 Å². The highest BCUT2D eigenvalue weighted by atomic mass is 16.5. The van der Waals surface area contributed by atoms with E-state index in [1.54, 1.807) is 0 Å². The number of carbonyl (C=O) groups excluding carboxylic acids is 1. The van der Waals surface area contributed by atoms with Gasteiger partial charge in [0.2, 0.25) is 5.91 Å². The van der Waals surface area contributed by atoms with Gasteiger partial charge in [0.1, 0.15) is 0 Å². The Morgan fingerprint density at radius 2 is 2.19 bits per heavy atom. The van der Waals surface area contributed by atoms with Crippen LogP contribution >= 0.6 is 0 Å². The van der Waals surface area contributed by atoms with Crippen molar-refractivity contribution >= 4 is 5.91 Å². The van der Waals surface area contributed by atoms with Crippen LogP contribution in [0.4, 0.5) is 0 Å². The van der Waals surface area contributed by atoms with Gasteiger partial charge in [-0.05, 0) is 38.6 Å². The monoisotopic (exact) mass is 224 g/mol. The zero-order chi connectivity index (χ0) is 11.0. The number of carbonyl (C=O) groups is 1. The second kappa shape index (κ2) is 4.34. The largest absolute Gasteiger partial charge is 0.373 e. The highest BCUT2D eigenvalue weighted by Crippen LogP contribution is 2.34. The van der Waals surface area contributed by atoms with Gasteiger partial charge < -0.3 is 15.4 Å². The molecule has 4 nitrogen and oxygen atoms in total. The minimum Gasteiger partial charge on any atom is -0.373 e. The van der Waals surface area contributed by atoms with Crippen molar-refractivity contribution in [2.75, 3.05) is 6.54 Å². The van der Waals surface area contributed by atoms with Gasteiger partial charge in [0.25, 0.3) is 0 Å². The Bertz CT molecular complexity index is 276. The summed E-state index contributed by atoms with van der Waals surface area (Å²) in [7, 11) is 0. The van der Waals surface area contributed by atoms with E-state index in [-0.39, 0.29) is 24.1 Å². The van der Waals surface area contributed by atoms with Gasteiger partial charge in [0.15, 0.2) is 0 Å². The quantitative estimate of drug-likeness (QED) is 0.721. The Balaban J connectivity index is 1.52. The summed E-state index contributed by atoms with van der Waals surface area (Å²) < 4.78 is 5.74. The van der Waals surface area contributed by atoms with Crippen molar-refractivity contribution in [1.82, 2.24) is 10.6 Å². The molecule has 0 aromatic carbocycles. The Morgan fingerprint density at radius 3 is 2.81 bits per heavy atom. The van der Waals surface area contributed by atoms with Gasteiger partial charge in [-0.2, -0.15) is 0 Å². The van der Waals surface area contributed by atoms with E-state index in [0.29, 0.717) is 6.10 Å². The molecule has 0 aromatic rings. The minimum absolute atomic E-state index is 0.0351. The molecule has 0 spiro atoms. The maximum Gasteiger partial charge on any atom is 0.237 e. The van der Waals surface area contributed by atoms with Gasteiger partial charge in [-0.25, -0.2) is 0 Å². The van der Waals surface area contributed by atoms with Crippen LogP contribution in [0.2, 0.25) is 0 Å². The molecule has 3 unspecified atom stereocenters. The van der Waals surface area contributed by atoms with Crippen molar-refractivity contribution in [2.45, 2.75) is 62.8 Å². The predicted molar refractivity (Wildman–Crippen MR) is 60.1 cm³/mol. The highest BCUT2D eigenvalue weighted by Gasteiger charge is 2.41. The number of piperidine rings is 1. The van der Waals surface area contributed by atoms with Crippen molar-refractivity contribution in [3.8, 4) is 0 Å². The Morgan fingerprint density at radius 1 is 1.25 bits per heavy atom. The molecular weight excluding hydrogens is 204 g/mol. The molecule has 0 radical (unpaired) electrons. The lowest BCUT2D eigenvalue weighted by molar-refractivity contribution is -0.124. The van der Waals surface area contributed by atoms with Crippen LogP contribution in [0, 0.1) is 0 Å². The standard InChI is InChI=1S/C12H20N2O2/c15-12(9-3-1-2-6-13-9)14-10-7-8-4-5-11(10)16-8/h8-11,13H,1-7H2,(H,14,15)/t8?,9-,10?,11?/m1/s1. The maximum atomic E-state index is 12.0. The van der Waals surface area contributed by atoms with Crippen molar-refractivity contribution in [2.24, 2.45) is 0 Å². The van der Waals surface area contributed by atoms with E-state index in [1.807, 2.05) is 0 Å². The Kier molecular flexibility index (Phi) is 2.86. The summed E-state index contributed by atoms with van der Waals surface area (Å²) in [6, 6.07) is 0.308. The lowest BCUT2D eigenvalue weighted by Crippen LogP contribution is -2.51. The summed E-state index contributed by atoms with van der Waals surface area (Å²) in [6.45, 7) is 0.977. The molecule has 4 atom stereocenters. The molecule has 2 bridgehead atoms. The predicted octanol–water partition coefficient (Wildman–Crippen LogP) is 0.565. The van der Waals surface area contributed by atoms with Crippen LogP contribution in [-0.2, 0) is 9.53 Å². The van der Waals surface area contributed by atoms with Crippen molar-refractivity contribution in [1.29, 1.82) is 0 Å². The zero-order valence-corrected chi connectivity index (χ0v) is 9.58. The molecule has 3 saturated heterocycles. The van der Waals surface area contributed by atoms with Gasteiger partial charge in [-0.15, -0.1) is 0 Å². The second-order valence-electron chi connectivity index (χ2n) is 5.23. The lowest BCUT2D eigenvalue weighted by Gasteiger charge is -2.26. The molecule has 0 aromatic heterocycles. The van der Waals surface area contributed by atoms with Crippen LogP contribution in [0.25, 0.3) is 0 Å². The first-order valence-electron chi connectivity index (χ1n) is 6.52. The van der Waals surface area contributed by atoms with Crippen LogP contribution in [0.5, 0.6) is 0 Å². The second-order valence-corrected chi connectivity index (χ2v) is 5.23. The van der Waals surface area contributed by atoms with Gasteiger partial charge in [0, 0.05) is 0 Å². The van der Waals surface area contributed by atoms with Gasteiger partial charge in [-0.1, -0.05) is 6.42 Å². The average Bonchev–Trinajstić information content (AvgIpc) is 2.92. The number of hydrogen-bond donors (Lipinski definition) is 2. The Labute approximate surface area is 96.1 Å². The van der Waals surface area contributed by atoms with Crippen LogP contribution < -0.4 is 10.6 Å². The maximum absolute atomic E-state index is 12.0. The summed E-state index contributed by atoms with van der Waals surface area (Å²) in [5.74, 6) is 0.181. The van der Waals surface area contributed by atoms with E-state index in [1.165, 1.54) is 12.8 Å². The fourth-order valence-corrected chi connectivity index (χ4v) is 3.15. The van der Waals surface area contributed by atoms with E-state index in [4.69, 9.17) is 4.74 Å². The third-order valence-corrected chi connectivity index (χ3v) is 4.06. The summed E-state index contributed by atoms with van der Waals surface area (Å²) in [5.41, 5.74) is 0. The molecule has 1 amide bonds. The molecule has 0 saturated carbocycles. The molecule has 3 heterocycles. The minimum atomic E-state index is 0.0351. The van der Waals surface area contributed by atoms with E-state index in [2.05, 4.69) is 10.6 Å². The van der Waals surface area contributed by atoms with Crippen molar-refractivity contribution in [3.05, 3.63) is 0 Å². The van der Waals surface area contributed by atoms with Crippen LogP contribution in [-0.4, -0.2) is 36.7 Å². The molecule has 3 rings (SSSR count). The molecule has 90 valence electrons. The van der Waals surface area contributed by atoms with Crippen LogP contribution in [0.3, 0.4) is 0 Å². The molecule has 3 aliphatic rings. The van der Waals surface area contributed by atoms with Crippen molar-refractivity contribution in [3.63, 3.8) is 0 Å². The fourth-order valence-electron chi connectivity index (χ4n) is 3.15. The van der Waals surface area contributed by atoms with Gasteiger partial charge >= 0.3 is 0 Å². The summed E-state index contributed by atoms with van der Waals surface area (Å²) >= 11 is 0. The molecule has 3 fully saturated rings. The first kappa shape index (κ1) is 10.5. The molecule has 2 N–H and O–H groups in total. The summed E-state index contributed by atoms with van der Waals surface area (Å²) in [6.07, 6.45) is 7.36. The number of amides is 1. The fraction of sp³-hybridized carbons (Fsp3) is 0.917. The molecule has 0 aliphatic carbocycles. The SMILES string of the molecule is O=C(NC1CC2CCC1O2)[C@H]1CCCCN1. The first-order valence-corrected chi connectivity index (χ1v) is 6.52. The number of ether oxygens (including phenoxy) is 1. The highest BCUT2D eigenvalue weighted by molar-refractivity contribution is 5.82. The lowest BCUT2D eigenvalue weighted by atomic mass is 9.95. The number of nitrogens with one attached hydrogen (secondary N) is 2. The molecule has 3 aliphatic heterocycles. The smallest absolute Gasteiger partial charge is 0.237 e. The molecule has 4 heteroatoms. The normalized spacial score (nSPS) is 42.2.